The molecule has 0 saturated heterocycles. The Hall–Kier alpha value is -1.57. The largest absolute Gasteiger partial charge is 0.513 e. The van der Waals surface area contributed by atoms with Gasteiger partial charge in [0.05, 0.1) is 11.2 Å². The van der Waals surface area contributed by atoms with E-state index >= 15 is 0 Å². The summed E-state index contributed by atoms with van der Waals surface area (Å²) in [4.78, 5) is 4.18. The molecule has 1 unspecified atom stereocenters. The molecule has 1 heterocycles. The van der Waals surface area contributed by atoms with Gasteiger partial charge in [-0.2, -0.15) is 0 Å². The molecule has 1 fully saturated rings. The lowest BCUT2D eigenvalue weighted by atomic mass is 9.63. The quantitative estimate of drug-likeness (QED) is 0.627. The highest BCUT2D eigenvalue weighted by Gasteiger charge is 2.42. The Labute approximate surface area is 129 Å². The van der Waals surface area contributed by atoms with Crippen molar-refractivity contribution in [3.63, 3.8) is 0 Å². The lowest BCUT2D eigenvalue weighted by Crippen LogP contribution is -2.33. The number of aliphatic hydroxyl groups is 1. The molecule has 0 radical (unpaired) electrons. The number of allylic oxidation sites excluding steroid dienone is 4. The van der Waals surface area contributed by atoms with Crippen molar-refractivity contribution in [2.45, 2.75) is 32.1 Å². The molecular weight excluding hydrogens is 286 g/mol. The molecule has 1 aliphatic rings. The predicted molar refractivity (Wildman–Crippen MR) is 88.4 cm³/mol. The van der Waals surface area contributed by atoms with Crippen LogP contribution in [0.2, 0.25) is 0 Å². The molecule has 0 bridgehead atoms. The number of hydrogen-bond acceptors (Lipinski definition) is 4. The van der Waals surface area contributed by atoms with Crippen molar-refractivity contribution in [3.8, 4) is 0 Å². The van der Waals surface area contributed by atoms with Crippen LogP contribution in [0.5, 0.6) is 0 Å². The van der Waals surface area contributed by atoms with E-state index in [9.17, 15) is 5.11 Å². The molecule has 1 aromatic rings. The second-order valence-corrected chi connectivity index (χ2v) is 5.40. The summed E-state index contributed by atoms with van der Waals surface area (Å²) >= 11 is 10.1. The van der Waals surface area contributed by atoms with Crippen molar-refractivity contribution in [2.75, 3.05) is 0 Å². The van der Waals surface area contributed by atoms with Gasteiger partial charge in [0.1, 0.15) is 0 Å². The fourth-order valence-corrected chi connectivity index (χ4v) is 3.39. The molecule has 1 aromatic heterocycles. The van der Waals surface area contributed by atoms with Gasteiger partial charge in [-0.1, -0.05) is 6.07 Å². The third-order valence-corrected chi connectivity index (χ3v) is 4.38. The van der Waals surface area contributed by atoms with Crippen molar-refractivity contribution >= 4 is 34.5 Å². The van der Waals surface area contributed by atoms with Gasteiger partial charge in [-0.05, 0) is 78.4 Å². The first-order valence-electron chi connectivity index (χ1n) is 6.35. The highest BCUT2D eigenvalue weighted by molar-refractivity contribution is 7.78. The van der Waals surface area contributed by atoms with Gasteiger partial charge in [0.15, 0.2) is 0 Å². The normalized spacial score (nSPS) is 24.9. The monoisotopic (exact) mass is 301 g/mol. The fourth-order valence-electron chi connectivity index (χ4n) is 2.86. The van der Waals surface area contributed by atoms with E-state index in [0.717, 1.165) is 35.1 Å². The number of thiocarbonyl (C=S) groups is 2. The molecule has 102 valence electrons. The van der Waals surface area contributed by atoms with Crippen LogP contribution in [0.3, 0.4) is 0 Å². The third kappa shape index (κ3) is 2.28. The lowest BCUT2D eigenvalue weighted by Gasteiger charge is -2.38. The van der Waals surface area contributed by atoms with Gasteiger partial charge in [-0.25, -0.2) is 0 Å². The van der Waals surface area contributed by atoms with Crippen LogP contribution >= 0.6 is 24.4 Å². The summed E-state index contributed by atoms with van der Waals surface area (Å²) < 4.78 is 0. The van der Waals surface area contributed by atoms with E-state index in [0.29, 0.717) is 5.76 Å². The van der Waals surface area contributed by atoms with E-state index in [4.69, 9.17) is 24.4 Å². The van der Waals surface area contributed by atoms with Crippen LogP contribution in [-0.4, -0.2) is 20.1 Å². The number of pyridine rings is 1. The molecule has 0 aliphatic heterocycles. The molecule has 0 amide bonds. The zero-order valence-corrected chi connectivity index (χ0v) is 13.1. The zero-order chi connectivity index (χ0) is 14.8. The summed E-state index contributed by atoms with van der Waals surface area (Å²) in [5.74, 6) is 0.322. The van der Waals surface area contributed by atoms with Crippen LogP contribution in [0.1, 0.15) is 32.3 Å². The number of nitrogens with zero attached hydrogens (tertiary/aromatic N) is 1. The topological polar surface area (TPSA) is 33.1 Å². The number of aromatic nitrogens is 1. The van der Waals surface area contributed by atoms with Gasteiger partial charge in [-0.15, -0.1) is 0 Å². The Bertz CT molecular complexity index is 661. The second kappa shape index (κ2) is 5.82. The fraction of sp³-hybridized carbons (Fsp3) is 0.312. The molecular formula is C16H15NOS2. The van der Waals surface area contributed by atoms with E-state index < -0.39 is 5.41 Å². The second-order valence-electron chi connectivity index (χ2n) is 4.99. The molecule has 1 saturated carbocycles. The smallest absolute Gasteiger partial charge is 0.0896 e. The molecule has 0 spiro atoms. The Morgan fingerprint density at radius 2 is 2.10 bits per heavy atom. The predicted octanol–water partition coefficient (Wildman–Crippen LogP) is 4.02. The van der Waals surface area contributed by atoms with Crippen LogP contribution in [0.25, 0.3) is 0 Å². The average molecular weight is 301 g/mol. The first-order chi connectivity index (χ1) is 9.55. The Balaban J connectivity index is 2.79. The Kier molecular flexibility index (Phi) is 4.32. The first-order valence-corrected chi connectivity index (χ1v) is 7.17. The molecule has 1 atom stereocenters. The maximum Gasteiger partial charge on any atom is 0.0896 e. The van der Waals surface area contributed by atoms with Crippen molar-refractivity contribution < 1.29 is 5.11 Å². The zero-order valence-electron chi connectivity index (χ0n) is 11.4. The van der Waals surface area contributed by atoms with Gasteiger partial charge in [0, 0.05) is 23.5 Å². The highest BCUT2D eigenvalue weighted by Crippen LogP contribution is 2.48. The van der Waals surface area contributed by atoms with Crippen molar-refractivity contribution in [1.82, 2.24) is 4.98 Å². The summed E-state index contributed by atoms with van der Waals surface area (Å²) in [5.41, 5.74) is 3.07. The van der Waals surface area contributed by atoms with Crippen LogP contribution in [-0.2, 0) is 5.41 Å². The van der Waals surface area contributed by atoms with Gasteiger partial charge in [0.25, 0.3) is 0 Å². The van der Waals surface area contributed by atoms with Gasteiger partial charge in [-0.3, -0.25) is 4.98 Å². The maximum atomic E-state index is 10.1. The molecule has 0 aromatic carbocycles. The first kappa shape index (κ1) is 14.8. The minimum Gasteiger partial charge on any atom is -0.513 e. The number of rotatable bonds is 1. The molecule has 1 N–H and O–H groups in total. The third-order valence-electron chi connectivity index (χ3n) is 3.93. The van der Waals surface area contributed by atoms with E-state index in [1.54, 1.807) is 19.3 Å². The summed E-state index contributed by atoms with van der Waals surface area (Å²) in [5, 5.41) is 15.7. The number of aliphatic hydroxyl groups excluding tert-OH is 1. The Morgan fingerprint density at radius 3 is 2.60 bits per heavy atom. The molecule has 20 heavy (non-hydrogen) atoms. The van der Waals surface area contributed by atoms with E-state index in [-0.39, 0.29) is 0 Å². The van der Waals surface area contributed by atoms with Crippen LogP contribution in [0, 0.1) is 0 Å². The van der Waals surface area contributed by atoms with Gasteiger partial charge < -0.3 is 5.11 Å². The molecule has 4 heteroatoms. The SMILES string of the molecule is CC(O)=C1CCC(=C=S)C(=C=S)C1(C)c1cccnc1. The minimum absolute atomic E-state index is 0.322. The minimum atomic E-state index is -0.547. The van der Waals surface area contributed by atoms with Gasteiger partial charge in [0.2, 0.25) is 0 Å². The van der Waals surface area contributed by atoms with Crippen LogP contribution < -0.4 is 0 Å². The standard InChI is InChI=1S/C16H15NOS2/c1-11(18)14-6-5-12(9-19)15(10-20)16(14,2)13-4-3-7-17-8-13/h3-4,7-8,18H,5-6H2,1-2H3. The highest BCUT2D eigenvalue weighted by atomic mass is 32.1. The van der Waals surface area contributed by atoms with Crippen LogP contribution in [0.4, 0.5) is 0 Å². The lowest BCUT2D eigenvalue weighted by molar-refractivity contribution is 0.386. The summed E-state index contributed by atoms with van der Waals surface area (Å²) in [6.07, 6.45) is 4.97. The summed E-state index contributed by atoms with van der Waals surface area (Å²) in [6.45, 7) is 3.73. The van der Waals surface area contributed by atoms with E-state index in [1.807, 2.05) is 19.1 Å². The summed E-state index contributed by atoms with van der Waals surface area (Å²) in [6, 6.07) is 3.86. The number of hydrogen-bond donors (Lipinski definition) is 1. The van der Waals surface area contributed by atoms with Gasteiger partial charge >= 0.3 is 0 Å². The van der Waals surface area contributed by atoms with E-state index in [2.05, 4.69) is 15.0 Å². The average Bonchev–Trinajstić information content (AvgIpc) is 2.47. The maximum absolute atomic E-state index is 10.1. The summed E-state index contributed by atoms with van der Waals surface area (Å²) in [7, 11) is 0. The van der Waals surface area contributed by atoms with Crippen molar-refractivity contribution in [2.24, 2.45) is 0 Å². The molecule has 1 aliphatic carbocycles. The molecule has 2 nitrogen and oxygen atoms in total. The van der Waals surface area contributed by atoms with Crippen LogP contribution in [0.15, 0.2) is 47.0 Å². The van der Waals surface area contributed by atoms with Crippen molar-refractivity contribution in [1.29, 1.82) is 0 Å². The Morgan fingerprint density at radius 1 is 1.35 bits per heavy atom. The van der Waals surface area contributed by atoms with Crippen molar-refractivity contribution in [3.05, 3.63) is 52.6 Å². The van der Waals surface area contributed by atoms with E-state index in [1.165, 1.54) is 0 Å². The molecule has 2 rings (SSSR count).